The average molecular weight is 188 g/mol. The first-order valence-corrected chi connectivity index (χ1v) is 4.49. The van der Waals surface area contributed by atoms with Crippen LogP contribution in [0.5, 0.6) is 0 Å². The van der Waals surface area contributed by atoms with Crippen LogP contribution in [0.4, 0.5) is 0 Å². The molecule has 2 heterocycles. The number of aromatic nitrogens is 3. The van der Waals surface area contributed by atoms with Crippen molar-refractivity contribution in [3.63, 3.8) is 0 Å². The lowest BCUT2D eigenvalue weighted by Gasteiger charge is -1.97. The number of fused-ring (bicyclic) bond motifs is 1. The van der Waals surface area contributed by atoms with Crippen molar-refractivity contribution in [3.8, 4) is 0 Å². The van der Waals surface area contributed by atoms with Gasteiger partial charge < -0.3 is 5.73 Å². The molecule has 0 spiro atoms. The molecule has 4 heteroatoms. The molecule has 0 aliphatic carbocycles. The Morgan fingerprint density at radius 3 is 3.21 bits per heavy atom. The third kappa shape index (κ3) is 1.80. The molecule has 0 aromatic carbocycles. The zero-order valence-corrected chi connectivity index (χ0v) is 7.96. The third-order valence-corrected chi connectivity index (χ3v) is 1.86. The van der Waals surface area contributed by atoms with Gasteiger partial charge in [-0.05, 0) is 6.92 Å². The van der Waals surface area contributed by atoms with E-state index >= 15 is 0 Å². The zero-order chi connectivity index (χ0) is 9.97. The number of rotatable bonds is 2. The van der Waals surface area contributed by atoms with Crippen LogP contribution in [-0.4, -0.2) is 20.6 Å². The Labute approximate surface area is 82.1 Å². The predicted molar refractivity (Wildman–Crippen MR) is 55.7 cm³/mol. The second-order valence-corrected chi connectivity index (χ2v) is 3.24. The summed E-state index contributed by atoms with van der Waals surface area (Å²) < 4.78 is 1.74. The van der Waals surface area contributed by atoms with E-state index in [1.807, 2.05) is 31.3 Å². The minimum atomic E-state index is 0.0586. The normalized spacial score (nSPS) is 13.9. The predicted octanol–water partition coefficient (Wildman–Crippen LogP) is 1.09. The quantitative estimate of drug-likeness (QED) is 0.767. The van der Waals surface area contributed by atoms with Crippen LogP contribution in [0.1, 0.15) is 12.5 Å². The smallest absolute Gasteiger partial charge is 0.154 e. The van der Waals surface area contributed by atoms with Gasteiger partial charge in [-0.3, -0.25) is 0 Å². The fourth-order valence-electron chi connectivity index (χ4n) is 1.17. The monoisotopic (exact) mass is 188 g/mol. The molecule has 0 amide bonds. The second kappa shape index (κ2) is 3.59. The molecule has 2 aromatic rings. The van der Waals surface area contributed by atoms with Gasteiger partial charge in [0.1, 0.15) is 0 Å². The molecule has 1 atom stereocenters. The van der Waals surface area contributed by atoms with Gasteiger partial charge in [0.15, 0.2) is 5.65 Å². The largest absolute Gasteiger partial charge is 0.325 e. The number of nitrogens with zero attached hydrogens (tertiary/aromatic N) is 3. The first-order valence-electron chi connectivity index (χ1n) is 4.49. The summed E-state index contributed by atoms with van der Waals surface area (Å²) in [5, 5.41) is 4.10. The van der Waals surface area contributed by atoms with Crippen LogP contribution in [0, 0.1) is 0 Å². The topological polar surface area (TPSA) is 56.2 Å². The Hall–Kier alpha value is -1.68. The van der Waals surface area contributed by atoms with Crippen LogP contribution in [0.3, 0.4) is 0 Å². The van der Waals surface area contributed by atoms with Crippen molar-refractivity contribution in [2.24, 2.45) is 5.73 Å². The Bertz CT molecular complexity index is 456. The van der Waals surface area contributed by atoms with E-state index in [0.717, 1.165) is 11.2 Å². The zero-order valence-electron chi connectivity index (χ0n) is 7.96. The van der Waals surface area contributed by atoms with Gasteiger partial charge in [-0.15, -0.1) is 0 Å². The summed E-state index contributed by atoms with van der Waals surface area (Å²) in [7, 11) is 0. The summed E-state index contributed by atoms with van der Waals surface area (Å²) in [6, 6.07) is 1.92. The Balaban J connectivity index is 2.34. The molecule has 0 saturated heterocycles. The molecular formula is C10H12N4. The van der Waals surface area contributed by atoms with Crippen molar-refractivity contribution < 1.29 is 0 Å². The van der Waals surface area contributed by atoms with E-state index in [1.54, 1.807) is 16.9 Å². The van der Waals surface area contributed by atoms with Gasteiger partial charge in [-0.25, -0.2) is 9.50 Å². The van der Waals surface area contributed by atoms with Gasteiger partial charge in [-0.2, -0.15) is 5.10 Å². The summed E-state index contributed by atoms with van der Waals surface area (Å²) in [6.45, 7) is 1.93. The SMILES string of the molecule is CC(N)/C=C/c1cnc2ccnn2c1. The number of hydrogen-bond donors (Lipinski definition) is 1. The highest BCUT2D eigenvalue weighted by Gasteiger charge is 1.94. The maximum Gasteiger partial charge on any atom is 0.154 e. The van der Waals surface area contributed by atoms with Crippen molar-refractivity contribution in [1.29, 1.82) is 0 Å². The highest BCUT2D eigenvalue weighted by molar-refractivity contribution is 5.50. The van der Waals surface area contributed by atoms with Gasteiger partial charge in [0, 0.05) is 30.1 Å². The van der Waals surface area contributed by atoms with Crippen LogP contribution >= 0.6 is 0 Å². The molecule has 2 N–H and O–H groups in total. The summed E-state index contributed by atoms with van der Waals surface area (Å²) in [4.78, 5) is 4.23. The number of nitrogens with two attached hydrogens (primary N) is 1. The Morgan fingerprint density at radius 2 is 2.43 bits per heavy atom. The highest BCUT2D eigenvalue weighted by Crippen LogP contribution is 2.03. The molecule has 1 unspecified atom stereocenters. The molecule has 0 aliphatic heterocycles. The van der Waals surface area contributed by atoms with E-state index in [2.05, 4.69) is 10.1 Å². The lowest BCUT2D eigenvalue weighted by atomic mass is 10.2. The van der Waals surface area contributed by atoms with E-state index in [1.165, 1.54) is 0 Å². The van der Waals surface area contributed by atoms with Gasteiger partial charge >= 0.3 is 0 Å². The molecule has 0 saturated carbocycles. The molecule has 0 bridgehead atoms. The van der Waals surface area contributed by atoms with E-state index in [-0.39, 0.29) is 6.04 Å². The van der Waals surface area contributed by atoms with Crippen LogP contribution < -0.4 is 5.73 Å². The maximum atomic E-state index is 5.60. The summed E-state index contributed by atoms with van der Waals surface area (Å²) in [5.74, 6) is 0. The van der Waals surface area contributed by atoms with Crippen molar-refractivity contribution >= 4 is 11.7 Å². The van der Waals surface area contributed by atoms with Crippen LogP contribution in [0.25, 0.3) is 11.7 Å². The van der Waals surface area contributed by atoms with Crippen molar-refractivity contribution in [3.05, 3.63) is 36.3 Å². The van der Waals surface area contributed by atoms with E-state index in [4.69, 9.17) is 5.73 Å². The summed E-state index contributed by atoms with van der Waals surface area (Å²) in [6.07, 6.45) is 9.31. The van der Waals surface area contributed by atoms with Gasteiger partial charge in [0.25, 0.3) is 0 Å². The first-order chi connectivity index (χ1) is 6.75. The first kappa shape index (κ1) is 8.90. The summed E-state index contributed by atoms with van der Waals surface area (Å²) >= 11 is 0. The molecule has 72 valence electrons. The molecule has 4 nitrogen and oxygen atoms in total. The van der Waals surface area contributed by atoms with Crippen LogP contribution in [0.2, 0.25) is 0 Å². The van der Waals surface area contributed by atoms with Crippen molar-refractivity contribution in [1.82, 2.24) is 14.6 Å². The van der Waals surface area contributed by atoms with Crippen molar-refractivity contribution in [2.75, 3.05) is 0 Å². The van der Waals surface area contributed by atoms with E-state index < -0.39 is 0 Å². The lowest BCUT2D eigenvalue weighted by Crippen LogP contribution is -2.09. The summed E-state index contributed by atoms with van der Waals surface area (Å²) in [5.41, 5.74) is 7.45. The Kier molecular flexibility index (Phi) is 2.28. The molecule has 14 heavy (non-hydrogen) atoms. The van der Waals surface area contributed by atoms with E-state index in [9.17, 15) is 0 Å². The molecule has 2 rings (SSSR count). The van der Waals surface area contributed by atoms with Gasteiger partial charge in [0.05, 0.1) is 6.20 Å². The fourth-order valence-corrected chi connectivity index (χ4v) is 1.17. The molecule has 0 aliphatic rings. The van der Waals surface area contributed by atoms with Crippen LogP contribution in [-0.2, 0) is 0 Å². The van der Waals surface area contributed by atoms with Crippen molar-refractivity contribution in [2.45, 2.75) is 13.0 Å². The average Bonchev–Trinajstić information content (AvgIpc) is 2.61. The second-order valence-electron chi connectivity index (χ2n) is 3.24. The standard InChI is InChI=1S/C10H12N4/c1-8(11)2-3-9-6-12-10-4-5-13-14(10)7-9/h2-8H,11H2,1H3/b3-2+. The lowest BCUT2D eigenvalue weighted by molar-refractivity contribution is 0.925. The Morgan fingerprint density at radius 1 is 1.57 bits per heavy atom. The van der Waals surface area contributed by atoms with Gasteiger partial charge in [0.2, 0.25) is 0 Å². The third-order valence-electron chi connectivity index (χ3n) is 1.86. The van der Waals surface area contributed by atoms with Gasteiger partial charge in [-0.1, -0.05) is 12.2 Å². The molecular weight excluding hydrogens is 176 g/mol. The maximum absolute atomic E-state index is 5.60. The molecule has 2 aromatic heterocycles. The molecule has 0 fully saturated rings. The molecule has 0 radical (unpaired) electrons. The minimum Gasteiger partial charge on any atom is -0.325 e. The van der Waals surface area contributed by atoms with E-state index in [0.29, 0.717) is 0 Å². The fraction of sp³-hybridized carbons (Fsp3) is 0.200. The highest BCUT2D eigenvalue weighted by atomic mass is 15.2. The number of hydrogen-bond acceptors (Lipinski definition) is 3. The minimum absolute atomic E-state index is 0.0586. The van der Waals surface area contributed by atoms with Crippen LogP contribution in [0.15, 0.2) is 30.7 Å².